The van der Waals surface area contributed by atoms with Crippen LogP contribution in [0.3, 0.4) is 0 Å². The lowest BCUT2D eigenvalue weighted by atomic mass is 9.89. The summed E-state index contributed by atoms with van der Waals surface area (Å²) in [6.45, 7) is 11.4. The molecule has 2 saturated heterocycles. The number of amides is 1. The summed E-state index contributed by atoms with van der Waals surface area (Å²) in [5.41, 5.74) is 5.59. The molecule has 160 valence electrons. The molecule has 2 aromatic rings. The van der Waals surface area contributed by atoms with Crippen molar-refractivity contribution in [3.05, 3.63) is 64.5 Å². The first-order chi connectivity index (χ1) is 14.5. The summed E-state index contributed by atoms with van der Waals surface area (Å²) >= 11 is 0. The maximum atomic E-state index is 13.3. The van der Waals surface area contributed by atoms with Crippen molar-refractivity contribution < 1.29 is 4.79 Å². The lowest BCUT2D eigenvalue weighted by molar-refractivity contribution is 0.0694. The van der Waals surface area contributed by atoms with Crippen LogP contribution in [0.25, 0.3) is 0 Å². The standard InChI is InChI=1S/C26H35N3O/c1-19-9-15-29(16-10-19)26(30)24-8-7-21(3)27-25(24)23-11-13-28(14-12-23)18-22-6-4-5-20(2)17-22/h4-8,17,19,23H,9-16,18H2,1-3H3. The highest BCUT2D eigenvalue weighted by Gasteiger charge is 2.29. The maximum absolute atomic E-state index is 13.3. The van der Waals surface area contributed by atoms with Crippen molar-refractivity contribution in [1.82, 2.24) is 14.8 Å². The number of rotatable bonds is 4. The molecule has 0 bridgehead atoms. The summed E-state index contributed by atoms with van der Waals surface area (Å²) < 4.78 is 0. The second-order valence-corrected chi connectivity index (χ2v) is 9.40. The van der Waals surface area contributed by atoms with Crippen LogP contribution in [0.2, 0.25) is 0 Å². The predicted molar refractivity (Wildman–Crippen MR) is 122 cm³/mol. The van der Waals surface area contributed by atoms with Gasteiger partial charge in [-0.05, 0) is 76.2 Å². The van der Waals surface area contributed by atoms with E-state index in [4.69, 9.17) is 4.98 Å². The lowest BCUT2D eigenvalue weighted by Crippen LogP contribution is -2.39. The Kier molecular flexibility index (Phi) is 6.52. The molecule has 1 amide bonds. The molecule has 4 rings (SSSR count). The fraction of sp³-hybridized carbons (Fsp3) is 0.538. The molecule has 0 saturated carbocycles. The van der Waals surface area contributed by atoms with Crippen LogP contribution in [0.1, 0.15) is 71.4 Å². The largest absolute Gasteiger partial charge is 0.339 e. The lowest BCUT2D eigenvalue weighted by Gasteiger charge is -2.34. The van der Waals surface area contributed by atoms with Gasteiger partial charge in [0.15, 0.2) is 0 Å². The molecule has 1 aromatic carbocycles. The molecule has 3 heterocycles. The number of carbonyl (C=O) groups is 1. The highest BCUT2D eigenvalue weighted by Crippen LogP contribution is 2.31. The first-order valence-electron chi connectivity index (χ1n) is 11.5. The number of benzene rings is 1. The zero-order chi connectivity index (χ0) is 21.1. The van der Waals surface area contributed by atoms with Gasteiger partial charge in [-0.1, -0.05) is 36.8 Å². The zero-order valence-corrected chi connectivity index (χ0v) is 18.7. The first kappa shape index (κ1) is 21.0. The van der Waals surface area contributed by atoms with E-state index in [1.165, 1.54) is 11.1 Å². The molecule has 4 heteroatoms. The van der Waals surface area contributed by atoms with Gasteiger partial charge in [-0.25, -0.2) is 0 Å². The van der Waals surface area contributed by atoms with Crippen LogP contribution >= 0.6 is 0 Å². The van der Waals surface area contributed by atoms with E-state index in [9.17, 15) is 4.79 Å². The third-order valence-electron chi connectivity index (χ3n) is 6.83. The number of piperidine rings is 2. The monoisotopic (exact) mass is 405 g/mol. The fourth-order valence-corrected chi connectivity index (χ4v) is 4.88. The number of nitrogens with zero attached hydrogens (tertiary/aromatic N) is 3. The number of carbonyl (C=O) groups excluding carboxylic acids is 1. The van der Waals surface area contributed by atoms with Crippen LogP contribution in [0, 0.1) is 19.8 Å². The summed E-state index contributed by atoms with van der Waals surface area (Å²) in [6.07, 6.45) is 4.36. The third kappa shape index (κ3) is 4.92. The maximum Gasteiger partial charge on any atom is 0.255 e. The Morgan fingerprint density at radius 2 is 1.73 bits per heavy atom. The molecular formula is C26H35N3O. The number of hydrogen-bond donors (Lipinski definition) is 0. The number of pyridine rings is 1. The molecule has 2 aliphatic heterocycles. The summed E-state index contributed by atoms with van der Waals surface area (Å²) in [4.78, 5) is 22.8. The zero-order valence-electron chi connectivity index (χ0n) is 18.7. The predicted octanol–water partition coefficient (Wildman–Crippen LogP) is 4.95. The van der Waals surface area contributed by atoms with Crippen molar-refractivity contribution in [3.8, 4) is 0 Å². The van der Waals surface area contributed by atoms with E-state index >= 15 is 0 Å². The second-order valence-electron chi connectivity index (χ2n) is 9.40. The van der Waals surface area contributed by atoms with Crippen molar-refractivity contribution in [2.75, 3.05) is 26.2 Å². The number of aryl methyl sites for hydroxylation is 2. The molecule has 0 aliphatic carbocycles. The van der Waals surface area contributed by atoms with E-state index in [0.29, 0.717) is 5.92 Å². The SMILES string of the molecule is Cc1cccc(CN2CCC(c3nc(C)ccc3C(=O)N3CCC(C)CC3)CC2)c1. The summed E-state index contributed by atoms with van der Waals surface area (Å²) in [5, 5.41) is 0. The van der Waals surface area contributed by atoms with E-state index in [1.54, 1.807) is 0 Å². The van der Waals surface area contributed by atoms with Gasteiger partial charge in [-0.3, -0.25) is 14.7 Å². The molecule has 0 radical (unpaired) electrons. The van der Waals surface area contributed by atoms with E-state index in [1.807, 2.05) is 24.0 Å². The Morgan fingerprint density at radius 3 is 2.43 bits per heavy atom. The van der Waals surface area contributed by atoms with Crippen LogP contribution in [0.5, 0.6) is 0 Å². The molecule has 2 aliphatic rings. The summed E-state index contributed by atoms with van der Waals surface area (Å²) in [7, 11) is 0. The van der Waals surface area contributed by atoms with Gasteiger partial charge in [-0.15, -0.1) is 0 Å². The van der Waals surface area contributed by atoms with Crippen molar-refractivity contribution >= 4 is 5.91 Å². The second kappa shape index (κ2) is 9.30. The number of hydrogen-bond acceptors (Lipinski definition) is 3. The summed E-state index contributed by atoms with van der Waals surface area (Å²) in [6, 6.07) is 12.8. The van der Waals surface area contributed by atoms with Gasteiger partial charge in [0.2, 0.25) is 0 Å². The van der Waals surface area contributed by atoms with E-state index in [0.717, 1.165) is 81.3 Å². The fourth-order valence-electron chi connectivity index (χ4n) is 4.88. The quantitative estimate of drug-likeness (QED) is 0.722. The van der Waals surface area contributed by atoms with Crippen LogP contribution in [-0.2, 0) is 6.54 Å². The van der Waals surface area contributed by atoms with Gasteiger partial charge in [-0.2, -0.15) is 0 Å². The molecular weight excluding hydrogens is 370 g/mol. The van der Waals surface area contributed by atoms with Crippen molar-refractivity contribution in [1.29, 1.82) is 0 Å². The third-order valence-corrected chi connectivity index (χ3v) is 6.83. The van der Waals surface area contributed by atoms with E-state index in [2.05, 4.69) is 43.0 Å². The molecule has 4 nitrogen and oxygen atoms in total. The molecule has 2 fully saturated rings. The van der Waals surface area contributed by atoms with Gasteiger partial charge < -0.3 is 4.90 Å². The summed E-state index contributed by atoms with van der Waals surface area (Å²) in [5.74, 6) is 1.29. The Hall–Kier alpha value is -2.20. The van der Waals surface area contributed by atoms with Gasteiger partial charge in [0.25, 0.3) is 5.91 Å². The van der Waals surface area contributed by atoms with Crippen molar-refractivity contribution in [2.24, 2.45) is 5.92 Å². The van der Waals surface area contributed by atoms with Crippen LogP contribution < -0.4 is 0 Å². The van der Waals surface area contributed by atoms with Gasteiger partial charge in [0.05, 0.1) is 11.3 Å². The smallest absolute Gasteiger partial charge is 0.255 e. The van der Waals surface area contributed by atoms with Crippen molar-refractivity contribution in [3.63, 3.8) is 0 Å². The van der Waals surface area contributed by atoms with Crippen molar-refractivity contribution in [2.45, 2.75) is 58.9 Å². The van der Waals surface area contributed by atoms with E-state index < -0.39 is 0 Å². The van der Waals surface area contributed by atoms with Gasteiger partial charge in [0, 0.05) is 31.2 Å². The van der Waals surface area contributed by atoms with Gasteiger partial charge in [0.1, 0.15) is 0 Å². The molecule has 30 heavy (non-hydrogen) atoms. The molecule has 0 unspecified atom stereocenters. The molecule has 0 N–H and O–H groups in total. The normalized spacial score (nSPS) is 19.2. The van der Waals surface area contributed by atoms with Crippen LogP contribution in [0.4, 0.5) is 0 Å². The minimum Gasteiger partial charge on any atom is -0.339 e. The Labute approximate surface area is 181 Å². The minimum atomic E-state index is 0.187. The number of likely N-dealkylation sites (tertiary alicyclic amines) is 2. The average Bonchev–Trinajstić information content (AvgIpc) is 2.74. The Balaban J connectivity index is 1.44. The molecule has 0 atom stereocenters. The molecule has 0 spiro atoms. The molecule has 1 aromatic heterocycles. The van der Waals surface area contributed by atoms with E-state index in [-0.39, 0.29) is 5.91 Å². The van der Waals surface area contributed by atoms with Crippen LogP contribution in [0.15, 0.2) is 36.4 Å². The van der Waals surface area contributed by atoms with Crippen LogP contribution in [-0.4, -0.2) is 46.9 Å². The highest BCUT2D eigenvalue weighted by molar-refractivity contribution is 5.95. The topological polar surface area (TPSA) is 36.4 Å². The Morgan fingerprint density at radius 1 is 1.00 bits per heavy atom. The van der Waals surface area contributed by atoms with Gasteiger partial charge >= 0.3 is 0 Å². The Bertz CT molecular complexity index is 878. The highest BCUT2D eigenvalue weighted by atomic mass is 16.2. The number of aromatic nitrogens is 1. The minimum absolute atomic E-state index is 0.187. The first-order valence-corrected chi connectivity index (χ1v) is 11.5. The average molecular weight is 406 g/mol.